The van der Waals surface area contributed by atoms with E-state index < -0.39 is 5.91 Å². The Bertz CT molecular complexity index is 949. The Hall–Kier alpha value is -3.08. The first-order valence-corrected chi connectivity index (χ1v) is 8.51. The molecule has 3 aromatic rings. The monoisotopic (exact) mass is 418 g/mol. The largest absolute Gasteiger partial charge is 0.378 e. The molecule has 0 atom stereocenters. The molecule has 0 fully saturated rings. The van der Waals surface area contributed by atoms with Crippen LogP contribution in [0.2, 0.25) is 0 Å². The maximum atomic E-state index is 12.4. The lowest BCUT2D eigenvalue weighted by molar-refractivity contribution is 0.0949. The Labute approximate surface area is 156 Å². The zero-order chi connectivity index (χ0) is 18.5. The second-order valence-corrected chi connectivity index (χ2v) is 6.19. The normalized spacial score (nSPS) is 11.2. The van der Waals surface area contributed by atoms with Gasteiger partial charge in [0.15, 0.2) is 5.69 Å². The highest BCUT2D eigenvalue weighted by molar-refractivity contribution is 9.10. The number of amides is 1. The lowest BCUT2D eigenvalue weighted by Gasteiger charge is -2.03. The number of hydrogen-bond donors (Lipinski definition) is 2. The van der Waals surface area contributed by atoms with Crippen LogP contribution < -0.4 is 11.2 Å². The van der Waals surface area contributed by atoms with Crippen molar-refractivity contribution in [2.75, 3.05) is 5.73 Å². The highest BCUT2D eigenvalue weighted by Gasteiger charge is 2.23. The van der Waals surface area contributed by atoms with Crippen molar-refractivity contribution in [1.29, 1.82) is 0 Å². The van der Waals surface area contributed by atoms with Crippen LogP contribution in [0.4, 0.5) is 5.82 Å². The van der Waals surface area contributed by atoms with Crippen LogP contribution in [0.25, 0.3) is 5.82 Å². The summed E-state index contributed by atoms with van der Waals surface area (Å²) in [5.74, 6) is -0.231. The summed E-state index contributed by atoms with van der Waals surface area (Å²) in [5, 5.41) is 19.0. The molecule has 0 spiro atoms. The SMILES string of the molecule is CCCc1c(C(=O)N/N=C\c2cccc(Br)c2)nnn1-c1nonc1N. The van der Waals surface area contributed by atoms with Gasteiger partial charge in [-0.15, -0.1) is 5.10 Å². The van der Waals surface area contributed by atoms with Crippen molar-refractivity contribution in [3.8, 4) is 5.82 Å². The fourth-order valence-corrected chi connectivity index (χ4v) is 2.67. The number of aromatic nitrogens is 5. The first kappa shape index (κ1) is 17.7. The minimum Gasteiger partial charge on any atom is -0.378 e. The number of carbonyl (C=O) groups is 1. The molecule has 2 aromatic heterocycles. The van der Waals surface area contributed by atoms with Crippen LogP contribution in [0, 0.1) is 0 Å². The van der Waals surface area contributed by atoms with Crippen molar-refractivity contribution in [2.45, 2.75) is 19.8 Å². The highest BCUT2D eigenvalue weighted by atomic mass is 79.9. The van der Waals surface area contributed by atoms with Gasteiger partial charge in [-0.1, -0.05) is 46.6 Å². The molecule has 26 heavy (non-hydrogen) atoms. The predicted octanol–water partition coefficient (Wildman–Crippen LogP) is 1.71. The molecular weight excluding hydrogens is 404 g/mol. The second-order valence-electron chi connectivity index (χ2n) is 5.27. The molecule has 0 aliphatic carbocycles. The molecule has 134 valence electrons. The van der Waals surface area contributed by atoms with E-state index in [4.69, 9.17) is 5.73 Å². The van der Waals surface area contributed by atoms with Crippen LogP contribution in [0.5, 0.6) is 0 Å². The number of hydrogen-bond acceptors (Lipinski definition) is 8. The first-order valence-electron chi connectivity index (χ1n) is 7.72. The van der Waals surface area contributed by atoms with E-state index in [-0.39, 0.29) is 17.3 Å². The van der Waals surface area contributed by atoms with Gasteiger partial charge in [0.25, 0.3) is 5.91 Å². The van der Waals surface area contributed by atoms with E-state index >= 15 is 0 Å². The van der Waals surface area contributed by atoms with E-state index in [9.17, 15) is 4.79 Å². The van der Waals surface area contributed by atoms with Crippen molar-refractivity contribution in [2.24, 2.45) is 5.10 Å². The van der Waals surface area contributed by atoms with Gasteiger partial charge >= 0.3 is 0 Å². The number of hydrazone groups is 1. The van der Waals surface area contributed by atoms with Gasteiger partial charge in [-0.3, -0.25) is 4.79 Å². The number of rotatable bonds is 6. The molecule has 0 radical (unpaired) electrons. The topological polar surface area (TPSA) is 137 Å². The highest BCUT2D eigenvalue weighted by Crippen LogP contribution is 2.17. The molecule has 1 amide bonds. The quantitative estimate of drug-likeness (QED) is 0.458. The Kier molecular flexibility index (Phi) is 5.37. The van der Waals surface area contributed by atoms with Crippen molar-refractivity contribution >= 4 is 33.9 Å². The summed E-state index contributed by atoms with van der Waals surface area (Å²) in [4.78, 5) is 12.4. The van der Waals surface area contributed by atoms with E-state index in [1.54, 1.807) is 0 Å². The number of nitrogens with one attached hydrogen (secondary N) is 1. The first-order chi connectivity index (χ1) is 12.6. The Morgan fingerprint density at radius 2 is 2.31 bits per heavy atom. The second kappa shape index (κ2) is 7.87. The van der Waals surface area contributed by atoms with Gasteiger partial charge < -0.3 is 5.73 Å². The summed E-state index contributed by atoms with van der Waals surface area (Å²) in [5.41, 5.74) is 9.66. The molecule has 0 aliphatic heterocycles. The van der Waals surface area contributed by atoms with Gasteiger partial charge in [0, 0.05) is 4.47 Å². The standard InChI is InChI=1S/C15H15BrN8O2/c1-2-4-11-12(19-23-24(11)14-13(17)21-26-22-14)15(25)20-18-8-9-5-3-6-10(16)7-9/h3,5-8H,2,4H2,1H3,(H2,17,21)(H,20,25)/b18-8-. The summed E-state index contributed by atoms with van der Waals surface area (Å²) in [6.07, 6.45) is 2.84. The van der Waals surface area contributed by atoms with Gasteiger partial charge in [0.1, 0.15) is 0 Å². The summed E-state index contributed by atoms with van der Waals surface area (Å²) in [7, 11) is 0. The minimum atomic E-state index is -0.485. The number of nitrogens with two attached hydrogens (primary N) is 1. The fraction of sp³-hybridized carbons (Fsp3) is 0.200. The molecule has 0 aliphatic rings. The molecule has 11 heteroatoms. The van der Waals surface area contributed by atoms with Gasteiger partial charge in [-0.05, 0) is 34.4 Å². The maximum absolute atomic E-state index is 12.4. The van der Waals surface area contributed by atoms with E-state index in [2.05, 4.69) is 51.7 Å². The van der Waals surface area contributed by atoms with Gasteiger partial charge in [-0.25, -0.2) is 10.1 Å². The summed E-state index contributed by atoms with van der Waals surface area (Å²) >= 11 is 3.37. The third-order valence-corrected chi connectivity index (χ3v) is 3.88. The molecule has 0 bridgehead atoms. The average Bonchev–Trinajstić information content (AvgIpc) is 3.21. The van der Waals surface area contributed by atoms with Crippen molar-refractivity contribution in [3.63, 3.8) is 0 Å². The van der Waals surface area contributed by atoms with Crippen molar-refractivity contribution in [3.05, 3.63) is 45.7 Å². The van der Waals surface area contributed by atoms with Crippen molar-refractivity contribution in [1.82, 2.24) is 30.7 Å². The Balaban J connectivity index is 1.81. The van der Waals surface area contributed by atoms with Crippen LogP contribution in [0.3, 0.4) is 0 Å². The molecular formula is C15H15BrN8O2. The third kappa shape index (κ3) is 3.77. The summed E-state index contributed by atoms with van der Waals surface area (Å²) in [6.45, 7) is 1.97. The van der Waals surface area contributed by atoms with E-state index in [1.165, 1.54) is 10.9 Å². The van der Waals surface area contributed by atoms with Crippen LogP contribution in [0.15, 0.2) is 38.5 Å². The van der Waals surface area contributed by atoms with E-state index in [0.717, 1.165) is 16.5 Å². The van der Waals surface area contributed by atoms with Gasteiger partial charge in [0.05, 0.1) is 11.9 Å². The molecule has 2 heterocycles. The Morgan fingerprint density at radius 3 is 3.00 bits per heavy atom. The van der Waals surface area contributed by atoms with Crippen LogP contribution in [-0.4, -0.2) is 37.4 Å². The predicted molar refractivity (Wildman–Crippen MR) is 96.8 cm³/mol. The molecule has 0 saturated heterocycles. The molecule has 1 aromatic carbocycles. The summed E-state index contributed by atoms with van der Waals surface area (Å²) < 4.78 is 6.85. The molecule has 3 rings (SSSR count). The minimum absolute atomic E-state index is 0.0619. The number of anilines is 1. The number of benzene rings is 1. The number of carbonyl (C=O) groups excluding carboxylic acids is 1. The van der Waals surface area contributed by atoms with Crippen LogP contribution in [0.1, 0.15) is 35.1 Å². The van der Waals surface area contributed by atoms with E-state index in [0.29, 0.717) is 12.1 Å². The number of nitrogens with zero attached hydrogens (tertiary/aromatic N) is 6. The Morgan fingerprint density at radius 1 is 1.46 bits per heavy atom. The maximum Gasteiger partial charge on any atom is 0.293 e. The smallest absolute Gasteiger partial charge is 0.293 e. The third-order valence-electron chi connectivity index (χ3n) is 3.39. The molecule has 3 N–H and O–H groups in total. The molecule has 0 saturated carbocycles. The van der Waals surface area contributed by atoms with Crippen molar-refractivity contribution < 1.29 is 9.42 Å². The zero-order valence-electron chi connectivity index (χ0n) is 13.8. The van der Waals surface area contributed by atoms with Crippen LogP contribution >= 0.6 is 15.9 Å². The molecule has 10 nitrogen and oxygen atoms in total. The van der Waals surface area contributed by atoms with E-state index in [1.807, 2.05) is 31.2 Å². The van der Waals surface area contributed by atoms with Crippen LogP contribution in [-0.2, 0) is 6.42 Å². The zero-order valence-corrected chi connectivity index (χ0v) is 15.3. The lowest BCUT2D eigenvalue weighted by atomic mass is 10.2. The number of halogens is 1. The van der Waals surface area contributed by atoms with Gasteiger partial charge in [-0.2, -0.15) is 9.78 Å². The summed E-state index contributed by atoms with van der Waals surface area (Å²) in [6, 6.07) is 7.50. The number of nitrogen functional groups attached to an aromatic ring is 1. The average molecular weight is 419 g/mol. The van der Waals surface area contributed by atoms with Gasteiger partial charge in [0.2, 0.25) is 11.6 Å². The fourth-order valence-electron chi connectivity index (χ4n) is 2.25. The lowest BCUT2D eigenvalue weighted by Crippen LogP contribution is -2.20. The molecule has 0 unspecified atom stereocenters.